The normalized spacial score (nSPS) is 12.2. The summed E-state index contributed by atoms with van der Waals surface area (Å²) in [6.07, 6.45) is 1.97. The summed E-state index contributed by atoms with van der Waals surface area (Å²) in [6.45, 7) is 3.74. The number of nitro groups is 1. The van der Waals surface area contributed by atoms with Gasteiger partial charge >= 0.3 is 5.69 Å². The summed E-state index contributed by atoms with van der Waals surface area (Å²) in [7, 11) is 1.53. The fraction of sp³-hybridized carbons (Fsp3) is 0.556. The third kappa shape index (κ3) is 2.56. The van der Waals surface area contributed by atoms with Gasteiger partial charge in [0.05, 0.1) is 4.92 Å². The Balaban J connectivity index is 2.94. The lowest BCUT2D eigenvalue weighted by Gasteiger charge is -2.09. The average molecular weight is 226 g/mol. The molecule has 1 aromatic heterocycles. The Morgan fingerprint density at radius 1 is 1.75 bits per heavy atom. The first kappa shape index (κ1) is 12.2. The number of carbonyl (C=O) groups excluding carboxylic acids is 1. The van der Waals surface area contributed by atoms with Gasteiger partial charge in [-0.3, -0.25) is 19.6 Å². The summed E-state index contributed by atoms with van der Waals surface area (Å²) in [5, 5.41) is 17.1. The second-order valence-electron chi connectivity index (χ2n) is 3.58. The van der Waals surface area contributed by atoms with Crippen molar-refractivity contribution in [1.29, 1.82) is 0 Å². The molecule has 0 aliphatic carbocycles. The molecule has 16 heavy (non-hydrogen) atoms. The van der Waals surface area contributed by atoms with Gasteiger partial charge in [-0.05, 0) is 13.3 Å². The average Bonchev–Trinajstić information content (AvgIpc) is 2.60. The largest absolute Gasteiger partial charge is 0.348 e. The first-order chi connectivity index (χ1) is 7.45. The van der Waals surface area contributed by atoms with Crippen molar-refractivity contribution in [3.05, 3.63) is 22.0 Å². The fourth-order valence-electron chi connectivity index (χ4n) is 1.17. The minimum atomic E-state index is -0.613. The number of hydrogen-bond acceptors (Lipinski definition) is 4. The second-order valence-corrected chi connectivity index (χ2v) is 3.58. The van der Waals surface area contributed by atoms with E-state index in [1.54, 1.807) is 0 Å². The highest BCUT2D eigenvalue weighted by atomic mass is 16.6. The van der Waals surface area contributed by atoms with E-state index < -0.39 is 10.8 Å². The third-order valence-electron chi connectivity index (χ3n) is 2.21. The van der Waals surface area contributed by atoms with Crippen LogP contribution < -0.4 is 5.32 Å². The van der Waals surface area contributed by atoms with Crippen LogP contribution in [-0.2, 0) is 7.05 Å². The van der Waals surface area contributed by atoms with E-state index in [4.69, 9.17) is 0 Å². The van der Waals surface area contributed by atoms with Crippen LogP contribution in [-0.4, -0.2) is 26.7 Å². The number of carbonyl (C=O) groups is 1. The summed E-state index contributed by atoms with van der Waals surface area (Å²) in [5.74, 6) is -0.512. The Labute approximate surface area is 92.6 Å². The van der Waals surface area contributed by atoms with Crippen LogP contribution in [0.1, 0.15) is 30.8 Å². The van der Waals surface area contributed by atoms with Gasteiger partial charge in [-0.25, -0.2) is 0 Å². The van der Waals surface area contributed by atoms with E-state index in [1.807, 2.05) is 13.8 Å². The zero-order valence-electron chi connectivity index (χ0n) is 9.43. The molecule has 1 rings (SSSR count). The fourth-order valence-corrected chi connectivity index (χ4v) is 1.17. The van der Waals surface area contributed by atoms with Crippen LogP contribution in [0.3, 0.4) is 0 Å². The van der Waals surface area contributed by atoms with E-state index in [1.165, 1.54) is 17.9 Å². The van der Waals surface area contributed by atoms with E-state index in [2.05, 4.69) is 10.4 Å². The number of hydrogen-bond donors (Lipinski definition) is 1. The topological polar surface area (TPSA) is 90.1 Å². The van der Waals surface area contributed by atoms with Crippen LogP contribution in [0.4, 0.5) is 5.69 Å². The monoisotopic (exact) mass is 226 g/mol. The molecule has 0 aliphatic heterocycles. The molecule has 1 atom stereocenters. The molecule has 1 aromatic rings. The van der Waals surface area contributed by atoms with E-state index in [9.17, 15) is 14.9 Å². The zero-order chi connectivity index (χ0) is 12.3. The molecule has 7 nitrogen and oxygen atoms in total. The predicted octanol–water partition coefficient (Wildman–Crippen LogP) is 0.857. The number of amides is 1. The molecule has 0 radical (unpaired) electrons. The molecule has 0 aliphatic rings. The summed E-state index contributed by atoms with van der Waals surface area (Å²) < 4.78 is 1.25. The van der Waals surface area contributed by atoms with Gasteiger partial charge in [0.15, 0.2) is 0 Å². The molecule has 0 saturated carbocycles. The molecule has 0 fully saturated rings. The summed E-state index contributed by atoms with van der Waals surface area (Å²) in [4.78, 5) is 21.7. The van der Waals surface area contributed by atoms with Crippen LogP contribution in [0.2, 0.25) is 0 Å². The predicted molar refractivity (Wildman–Crippen MR) is 57.1 cm³/mol. The van der Waals surface area contributed by atoms with Crippen molar-refractivity contribution in [3.8, 4) is 0 Å². The Morgan fingerprint density at radius 2 is 2.38 bits per heavy atom. The lowest BCUT2D eigenvalue weighted by molar-refractivity contribution is -0.385. The summed E-state index contributed by atoms with van der Waals surface area (Å²) in [6, 6.07) is -0.0332. The summed E-state index contributed by atoms with van der Waals surface area (Å²) >= 11 is 0. The smallest absolute Gasteiger partial charge is 0.320 e. The quantitative estimate of drug-likeness (QED) is 0.608. The third-order valence-corrected chi connectivity index (χ3v) is 2.21. The van der Waals surface area contributed by atoms with Crippen molar-refractivity contribution in [3.63, 3.8) is 0 Å². The van der Waals surface area contributed by atoms with Crippen LogP contribution in [0.5, 0.6) is 0 Å². The number of nitrogens with zero attached hydrogens (tertiary/aromatic N) is 3. The SMILES string of the molecule is CCC(C)NC(=O)c1nn(C)cc1[N+](=O)[O-]. The molecule has 1 amide bonds. The van der Waals surface area contributed by atoms with Crippen molar-refractivity contribution >= 4 is 11.6 Å². The number of aromatic nitrogens is 2. The Bertz CT molecular complexity index is 413. The lowest BCUT2D eigenvalue weighted by atomic mass is 10.2. The Morgan fingerprint density at radius 3 is 2.88 bits per heavy atom. The number of rotatable bonds is 4. The van der Waals surface area contributed by atoms with Crippen LogP contribution >= 0.6 is 0 Å². The van der Waals surface area contributed by atoms with Gasteiger partial charge in [-0.2, -0.15) is 5.10 Å². The Hall–Kier alpha value is -1.92. The zero-order valence-corrected chi connectivity index (χ0v) is 9.43. The molecule has 1 heterocycles. The molecule has 0 saturated heterocycles. The number of aryl methyl sites for hydroxylation is 1. The standard InChI is InChI=1S/C9H14N4O3/c1-4-6(2)10-9(14)8-7(13(15)16)5-12(3)11-8/h5-6H,4H2,1-3H3,(H,10,14). The van der Waals surface area contributed by atoms with E-state index in [0.29, 0.717) is 0 Å². The highest BCUT2D eigenvalue weighted by molar-refractivity contribution is 5.96. The van der Waals surface area contributed by atoms with E-state index in [-0.39, 0.29) is 17.4 Å². The molecule has 0 bridgehead atoms. The molecular formula is C9H14N4O3. The molecule has 7 heteroatoms. The van der Waals surface area contributed by atoms with Crippen LogP contribution in [0.15, 0.2) is 6.20 Å². The highest BCUT2D eigenvalue weighted by Gasteiger charge is 2.25. The van der Waals surface area contributed by atoms with Gasteiger partial charge < -0.3 is 5.32 Å². The van der Waals surface area contributed by atoms with Crippen molar-refractivity contribution in [2.75, 3.05) is 0 Å². The van der Waals surface area contributed by atoms with E-state index in [0.717, 1.165) is 6.42 Å². The highest BCUT2D eigenvalue weighted by Crippen LogP contribution is 2.15. The minimum absolute atomic E-state index is 0.0332. The van der Waals surface area contributed by atoms with Gasteiger partial charge in [0.25, 0.3) is 5.91 Å². The Kier molecular flexibility index (Phi) is 3.60. The van der Waals surface area contributed by atoms with Gasteiger partial charge in [-0.1, -0.05) is 6.92 Å². The number of nitrogens with one attached hydrogen (secondary N) is 1. The van der Waals surface area contributed by atoms with Crippen LogP contribution in [0, 0.1) is 10.1 Å². The van der Waals surface area contributed by atoms with E-state index >= 15 is 0 Å². The van der Waals surface area contributed by atoms with Gasteiger partial charge in [0.2, 0.25) is 5.69 Å². The molecular weight excluding hydrogens is 212 g/mol. The molecule has 88 valence electrons. The second kappa shape index (κ2) is 4.73. The van der Waals surface area contributed by atoms with Crippen LogP contribution in [0.25, 0.3) is 0 Å². The van der Waals surface area contributed by atoms with Crippen molar-refractivity contribution in [2.45, 2.75) is 26.3 Å². The lowest BCUT2D eigenvalue weighted by Crippen LogP contribution is -2.32. The maximum Gasteiger partial charge on any atom is 0.320 e. The maximum atomic E-state index is 11.7. The van der Waals surface area contributed by atoms with Gasteiger partial charge in [0.1, 0.15) is 6.20 Å². The van der Waals surface area contributed by atoms with Crippen molar-refractivity contribution in [1.82, 2.24) is 15.1 Å². The first-order valence-electron chi connectivity index (χ1n) is 4.94. The molecule has 1 N–H and O–H groups in total. The molecule has 0 aromatic carbocycles. The summed E-state index contributed by atoms with van der Waals surface area (Å²) in [5.41, 5.74) is -0.420. The minimum Gasteiger partial charge on any atom is -0.348 e. The van der Waals surface area contributed by atoms with Gasteiger partial charge in [0, 0.05) is 13.1 Å². The first-order valence-corrected chi connectivity index (χ1v) is 4.94. The molecule has 1 unspecified atom stereocenters. The maximum absolute atomic E-state index is 11.7. The van der Waals surface area contributed by atoms with Crippen molar-refractivity contribution < 1.29 is 9.72 Å². The van der Waals surface area contributed by atoms with Gasteiger partial charge in [-0.15, -0.1) is 0 Å². The van der Waals surface area contributed by atoms with Crippen molar-refractivity contribution in [2.24, 2.45) is 7.05 Å². The molecule has 0 spiro atoms.